The summed E-state index contributed by atoms with van der Waals surface area (Å²) >= 11 is 0. The van der Waals surface area contributed by atoms with Crippen LogP contribution in [-0.2, 0) is 9.53 Å². The van der Waals surface area contributed by atoms with Crippen LogP contribution in [0, 0.1) is 17.3 Å². The zero-order valence-corrected chi connectivity index (χ0v) is 15.9. The molecule has 0 aromatic carbocycles. The zero-order chi connectivity index (χ0) is 17.9. The highest BCUT2D eigenvalue weighted by Crippen LogP contribution is 2.60. The quantitative estimate of drug-likeness (QED) is 0.719. The molecule has 0 spiro atoms. The van der Waals surface area contributed by atoms with Gasteiger partial charge in [0.25, 0.3) is 0 Å². The minimum absolute atomic E-state index is 0.0825. The number of allylic oxidation sites excluding steroid dienone is 2. The van der Waals surface area contributed by atoms with Crippen molar-refractivity contribution in [2.75, 3.05) is 45.9 Å². The number of rotatable bonds is 7. The minimum atomic E-state index is -0.448. The first-order valence-corrected chi connectivity index (χ1v) is 9.19. The number of piperazine rings is 1. The summed E-state index contributed by atoms with van der Waals surface area (Å²) in [5.74, 6) is 0.806. The van der Waals surface area contributed by atoms with E-state index in [1.807, 2.05) is 11.8 Å². The van der Waals surface area contributed by atoms with E-state index in [-0.39, 0.29) is 11.3 Å². The van der Waals surface area contributed by atoms with Crippen LogP contribution in [0.4, 0.5) is 0 Å². The molecule has 1 heterocycles. The van der Waals surface area contributed by atoms with Crippen molar-refractivity contribution in [1.29, 1.82) is 0 Å². The monoisotopic (exact) mass is 338 g/mol. The Labute approximate surface area is 146 Å². The number of ether oxygens (including phenoxy) is 1. The first-order chi connectivity index (χ1) is 11.3. The van der Waals surface area contributed by atoms with E-state index in [4.69, 9.17) is 4.74 Å². The molecule has 1 saturated heterocycles. The molecule has 0 radical (unpaired) electrons. The maximum Gasteiger partial charge on any atom is 0.226 e. The molecule has 0 aromatic rings. The molecule has 3 atom stereocenters. The third kappa shape index (κ3) is 4.58. The molecule has 2 rings (SSSR count). The largest absolute Gasteiger partial charge is 0.389 e. The first-order valence-electron chi connectivity index (χ1n) is 9.19. The standard InChI is InChI=1S/C19H34N2O3/c1-6-24-13-15(22)12-20-7-9-21(10-8-20)18(23)17-16(11-14(2)3)19(17,4)5/h11,15-17,22H,6-10,12-13H2,1-5H3/t15-,16+,17-/m1/s1. The molecular weight excluding hydrogens is 304 g/mol. The Morgan fingerprint density at radius 1 is 1.29 bits per heavy atom. The molecule has 1 saturated carbocycles. The third-order valence-corrected chi connectivity index (χ3v) is 5.36. The van der Waals surface area contributed by atoms with E-state index in [0.717, 1.165) is 26.2 Å². The number of hydrogen-bond acceptors (Lipinski definition) is 4. The van der Waals surface area contributed by atoms with E-state index >= 15 is 0 Å². The number of carbonyl (C=O) groups is 1. The van der Waals surface area contributed by atoms with E-state index < -0.39 is 6.10 Å². The van der Waals surface area contributed by atoms with Crippen LogP contribution in [0.15, 0.2) is 11.6 Å². The molecule has 1 aliphatic carbocycles. The molecule has 24 heavy (non-hydrogen) atoms. The molecule has 0 unspecified atom stereocenters. The Kier molecular flexibility index (Phi) is 6.46. The average molecular weight is 338 g/mol. The van der Waals surface area contributed by atoms with E-state index in [2.05, 4.69) is 38.7 Å². The second-order valence-electron chi connectivity index (χ2n) is 8.01. The van der Waals surface area contributed by atoms with Gasteiger partial charge in [-0.3, -0.25) is 9.69 Å². The van der Waals surface area contributed by atoms with Crippen molar-refractivity contribution in [1.82, 2.24) is 9.80 Å². The normalized spacial score (nSPS) is 27.7. The van der Waals surface area contributed by atoms with Crippen LogP contribution in [0.25, 0.3) is 0 Å². The van der Waals surface area contributed by atoms with Crippen molar-refractivity contribution in [2.24, 2.45) is 17.3 Å². The molecule has 5 nitrogen and oxygen atoms in total. The van der Waals surface area contributed by atoms with Gasteiger partial charge in [0, 0.05) is 39.3 Å². The summed E-state index contributed by atoms with van der Waals surface area (Å²) in [6.45, 7) is 15.3. The molecule has 1 amide bonds. The van der Waals surface area contributed by atoms with Crippen LogP contribution in [0.2, 0.25) is 0 Å². The van der Waals surface area contributed by atoms with Gasteiger partial charge in [0.15, 0.2) is 0 Å². The number of aliphatic hydroxyl groups excluding tert-OH is 1. The molecule has 2 aliphatic rings. The second kappa shape index (κ2) is 7.98. The van der Waals surface area contributed by atoms with Crippen LogP contribution < -0.4 is 0 Å². The summed E-state index contributed by atoms with van der Waals surface area (Å²) in [5.41, 5.74) is 1.37. The third-order valence-electron chi connectivity index (χ3n) is 5.36. The Morgan fingerprint density at radius 3 is 2.46 bits per heavy atom. The Hall–Kier alpha value is -0.910. The number of β-amino-alcohol motifs (C(OH)–C–C–N with tert-alkyl or cyclic N) is 1. The fraction of sp³-hybridized carbons (Fsp3) is 0.842. The Balaban J connectivity index is 1.80. The van der Waals surface area contributed by atoms with Crippen LogP contribution in [-0.4, -0.2) is 72.9 Å². The van der Waals surface area contributed by atoms with Crippen LogP contribution in [0.1, 0.15) is 34.6 Å². The predicted octanol–water partition coefficient (Wildman–Crippen LogP) is 1.77. The number of amides is 1. The molecule has 1 N–H and O–H groups in total. The summed E-state index contributed by atoms with van der Waals surface area (Å²) in [7, 11) is 0. The van der Waals surface area contributed by atoms with E-state index in [1.54, 1.807) is 0 Å². The number of nitrogens with zero attached hydrogens (tertiary/aromatic N) is 2. The zero-order valence-electron chi connectivity index (χ0n) is 15.9. The molecule has 138 valence electrons. The highest BCUT2D eigenvalue weighted by atomic mass is 16.5. The maximum absolute atomic E-state index is 12.8. The summed E-state index contributed by atoms with van der Waals surface area (Å²) in [6, 6.07) is 0. The summed E-state index contributed by atoms with van der Waals surface area (Å²) in [4.78, 5) is 17.1. The van der Waals surface area contributed by atoms with E-state index in [1.165, 1.54) is 5.57 Å². The van der Waals surface area contributed by atoms with Gasteiger partial charge < -0.3 is 14.7 Å². The predicted molar refractivity (Wildman–Crippen MR) is 95.7 cm³/mol. The minimum Gasteiger partial charge on any atom is -0.389 e. The van der Waals surface area contributed by atoms with Crippen molar-refractivity contribution in [3.63, 3.8) is 0 Å². The van der Waals surface area contributed by atoms with Crippen molar-refractivity contribution in [2.45, 2.75) is 40.7 Å². The van der Waals surface area contributed by atoms with Gasteiger partial charge in [0.05, 0.1) is 18.6 Å². The molecule has 0 bridgehead atoms. The lowest BCUT2D eigenvalue weighted by atomic mass is 10.1. The summed E-state index contributed by atoms with van der Waals surface area (Å²) in [6.07, 6.45) is 1.81. The topological polar surface area (TPSA) is 53.0 Å². The fourth-order valence-corrected chi connectivity index (χ4v) is 3.77. The van der Waals surface area contributed by atoms with Crippen molar-refractivity contribution >= 4 is 5.91 Å². The van der Waals surface area contributed by atoms with Gasteiger partial charge in [0.1, 0.15) is 0 Å². The van der Waals surface area contributed by atoms with Crippen molar-refractivity contribution in [3.05, 3.63) is 11.6 Å². The lowest BCUT2D eigenvalue weighted by molar-refractivity contribution is -0.135. The van der Waals surface area contributed by atoms with Gasteiger partial charge in [-0.15, -0.1) is 0 Å². The molecular formula is C19H34N2O3. The van der Waals surface area contributed by atoms with E-state index in [9.17, 15) is 9.90 Å². The van der Waals surface area contributed by atoms with Crippen molar-refractivity contribution < 1.29 is 14.6 Å². The van der Waals surface area contributed by atoms with Gasteiger partial charge in [-0.25, -0.2) is 0 Å². The highest BCUT2D eigenvalue weighted by Gasteiger charge is 2.61. The lowest BCUT2D eigenvalue weighted by Gasteiger charge is -2.36. The fourth-order valence-electron chi connectivity index (χ4n) is 3.77. The Morgan fingerprint density at radius 2 is 1.92 bits per heavy atom. The van der Waals surface area contributed by atoms with Gasteiger partial charge >= 0.3 is 0 Å². The molecule has 2 fully saturated rings. The molecule has 5 heteroatoms. The second-order valence-corrected chi connectivity index (χ2v) is 8.01. The van der Waals surface area contributed by atoms with Gasteiger partial charge in [0.2, 0.25) is 5.91 Å². The summed E-state index contributed by atoms with van der Waals surface area (Å²) < 4.78 is 5.26. The molecule has 1 aliphatic heterocycles. The van der Waals surface area contributed by atoms with Crippen LogP contribution >= 0.6 is 0 Å². The lowest BCUT2D eigenvalue weighted by Crippen LogP contribution is -2.51. The van der Waals surface area contributed by atoms with Crippen molar-refractivity contribution in [3.8, 4) is 0 Å². The van der Waals surface area contributed by atoms with Gasteiger partial charge in [-0.2, -0.15) is 0 Å². The maximum atomic E-state index is 12.8. The number of aliphatic hydroxyl groups is 1. The number of carbonyl (C=O) groups excluding carboxylic acids is 1. The van der Waals surface area contributed by atoms with Gasteiger partial charge in [-0.1, -0.05) is 25.5 Å². The summed E-state index contributed by atoms with van der Waals surface area (Å²) in [5, 5.41) is 9.94. The average Bonchev–Trinajstić information content (AvgIpc) is 3.05. The van der Waals surface area contributed by atoms with Crippen LogP contribution in [0.3, 0.4) is 0 Å². The number of hydrogen-bond donors (Lipinski definition) is 1. The molecule has 0 aromatic heterocycles. The first kappa shape index (κ1) is 19.4. The Bertz CT molecular complexity index is 463. The smallest absolute Gasteiger partial charge is 0.226 e. The van der Waals surface area contributed by atoms with Crippen LogP contribution in [0.5, 0.6) is 0 Å². The van der Waals surface area contributed by atoms with E-state index in [0.29, 0.717) is 31.6 Å². The highest BCUT2D eigenvalue weighted by molar-refractivity contribution is 5.84. The van der Waals surface area contributed by atoms with Gasteiger partial charge in [-0.05, 0) is 32.1 Å². The SMILES string of the molecule is CCOC[C@H](O)CN1CCN(C(=O)[C@H]2[C@H](C=C(C)C)C2(C)C)CC1.